The summed E-state index contributed by atoms with van der Waals surface area (Å²) < 4.78 is 12.0. The predicted molar refractivity (Wildman–Crippen MR) is 67.3 cm³/mol. The minimum atomic E-state index is -1.66. The summed E-state index contributed by atoms with van der Waals surface area (Å²) in [5, 5.41) is 29.5. The highest BCUT2D eigenvalue weighted by molar-refractivity contribution is 5.07. The van der Waals surface area contributed by atoms with E-state index in [9.17, 15) is 15.0 Å². The van der Waals surface area contributed by atoms with Crippen LogP contribution in [0.5, 0.6) is 6.01 Å². The van der Waals surface area contributed by atoms with Crippen molar-refractivity contribution in [2.24, 2.45) is 0 Å². The van der Waals surface area contributed by atoms with Crippen LogP contribution >= 0.6 is 0 Å². The van der Waals surface area contributed by atoms with Crippen molar-refractivity contribution in [3.05, 3.63) is 22.6 Å². The molecule has 112 valence electrons. The molecule has 4 atom stereocenters. The Bertz CT molecular complexity index is 529. The van der Waals surface area contributed by atoms with E-state index >= 15 is 0 Å². The zero-order valence-electron chi connectivity index (χ0n) is 11.3. The van der Waals surface area contributed by atoms with Gasteiger partial charge in [-0.1, -0.05) is 0 Å². The Morgan fingerprint density at radius 1 is 1.60 bits per heavy atom. The van der Waals surface area contributed by atoms with Gasteiger partial charge in [0, 0.05) is 12.3 Å². The van der Waals surface area contributed by atoms with E-state index in [1.807, 2.05) is 0 Å². The zero-order valence-corrected chi connectivity index (χ0v) is 11.3. The molecule has 1 saturated heterocycles. The van der Waals surface area contributed by atoms with Crippen LogP contribution < -0.4 is 10.3 Å². The molecule has 3 N–H and O–H groups in total. The first kappa shape index (κ1) is 14.9. The maximum atomic E-state index is 11.3. The van der Waals surface area contributed by atoms with Crippen LogP contribution in [0.2, 0.25) is 0 Å². The molecule has 0 radical (unpaired) electrons. The van der Waals surface area contributed by atoms with E-state index in [1.54, 1.807) is 6.92 Å². The SMILES string of the molecule is CCOc1nc(=O)ccn1C1OC(CO)[C@H](O)C1(C)O. The van der Waals surface area contributed by atoms with Crippen LogP contribution in [0.15, 0.2) is 17.1 Å². The molecule has 0 aliphatic carbocycles. The van der Waals surface area contributed by atoms with Gasteiger partial charge in [-0.25, -0.2) is 0 Å². The first-order valence-corrected chi connectivity index (χ1v) is 6.30. The molecule has 2 rings (SSSR count). The highest BCUT2D eigenvalue weighted by Crippen LogP contribution is 2.39. The van der Waals surface area contributed by atoms with Crippen molar-refractivity contribution in [2.75, 3.05) is 13.2 Å². The van der Waals surface area contributed by atoms with Crippen molar-refractivity contribution in [1.82, 2.24) is 9.55 Å². The van der Waals surface area contributed by atoms with E-state index < -0.39 is 36.2 Å². The van der Waals surface area contributed by atoms with Crippen molar-refractivity contribution in [3.8, 4) is 6.01 Å². The molecular formula is C12H18N2O6. The second-order valence-corrected chi connectivity index (χ2v) is 4.77. The second-order valence-electron chi connectivity index (χ2n) is 4.77. The lowest BCUT2D eigenvalue weighted by molar-refractivity contribution is -0.100. The molecule has 0 saturated carbocycles. The normalized spacial score (nSPS) is 33.4. The molecule has 8 heteroatoms. The molecule has 1 aliphatic rings. The van der Waals surface area contributed by atoms with Crippen LogP contribution in [0.4, 0.5) is 0 Å². The Morgan fingerprint density at radius 3 is 2.85 bits per heavy atom. The fourth-order valence-electron chi connectivity index (χ4n) is 2.20. The summed E-state index contributed by atoms with van der Waals surface area (Å²) in [6, 6.07) is 1.18. The minimum absolute atomic E-state index is 0.0175. The average molecular weight is 286 g/mol. The van der Waals surface area contributed by atoms with Crippen LogP contribution in [0, 0.1) is 0 Å². The van der Waals surface area contributed by atoms with E-state index in [4.69, 9.17) is 14.6 Å². The number of hydrogen-bond acceptors (Lipinski definition) is 7. The summed E-state index contributed by atoms with van der Waals surface area (Å²) in [5.41, 5.74) is -2.14. The largest absolute Gasteiger partial charge is 0.465 e. The average Bonchev–Trinajstić information content (AvgIpc) is 2.62. The monoisotopic (exact) mass is 286 g/mol. The number of rotatable bonds is 4. The summed E-state index contributed by atoms with van der Waals surface area (Å²) in [6.07, 6.45) is -1.86. The van der Waals surface area contributed by atoms with Gasteiger partial charge in [0.25, 0.3) is 5.56 Å². The van der Waals surface area contributed by atoms with Crippen molar-refractivity contribution in [1.29, 1.82) is 0 Å². The highest BCUT2D eigenvalue weighted by Gasteiger charge is 2.53. The van der Waals surface area contributed by atoms with Crippen molar-refractivity contribution < 1.29 is 24.8 Å². The van der Waals surface area contributed by atoms with E-state index in [-0.39, 0.29) is 12.6 Å². The van der Waals surface area contributed by atoms with Gasteiger partial charge in [0.05, 0.1) is 13.2 Å². The van der Waals surface area contributed by atoms with Crippen molar-refractivity contribution in [2.45, 2.75) is 37.9 Å². The first-order valence-electron chi connectivity index (χ1n) is 6.30. The summed E-state index contributed by atoms with van der Waals surface area (Å²) in [5.74, 6) is 0. The number of aliphatic hydroxyl groups excluding tert-OH is 2. The molecule has 1 fully saturated rings. The van der Waals surface area contributed by atoms with Gasteiger partial charge in [-0.05, 0) is 13.8 Å². The van der Waals surface area contributed by atoms with Gasteiger partial charge in [-0.2, -0.15) is 4.98 Å². The lowest BCUT2D eigenvalue weighted by Gasteiger charge is -2.28. The maximum Gasteiger partial charge on any atom is 0.301 e. The first-order chi connectivity index (χ1) is 9.41. The summed E-state index contributed by atoms with van der Waals surface area (Å²) in [7, 11) is 0. The van der Waals surface area contributed by atoms with Gasteiger partial charge in [-0.3, -0.25) is 9.36 Å². The highest BCUT2D eigenvalue weighted by atomic mass is 16.6. The topological polar surface area (TPSA) is 114 Å². The third-order valence-electron chi connectivity index (χ3n) is 3.27. The molecule has 3 unspecified atom stereocenters. The summed E-state index contributed by atoms with van der Waals surface area (Å²) >= 11 is 0. The number of aliphatic hydroxyl groups is 3. The van der Waals surface area contributed by atoms with Crippen LogP contribution in [0.3, 0.4) is 0 Å². The fourth-order valence-corrected chi connectivity index (χ4v) is 2.20. The number of aromatic nitrogens is 2. The third-order valence-corrected chi connectivity index (χ3v) is 3.27. The molecule has 1 aliphatic heterocycles. The molecular weight excluding hydrogens is 268 g/mol. The Balaban J connectivity index is 2.43. The standard InChI is InChI=1S/C12H18N2O6/c1-3-19-11-13-8(16)4-5-14(11)10-12(2,18)9(17)7(6-15)20-10/h4-5,7,9-10,15,17-18H,3,6H2,1-2H3/t7?,9-,10?,12?/m0/s1. The number of ether oxygens (including phenoxy) is 2. The van der Waals surface area contributed by atoms with E-state index in [2.05, 4.69) is 4.98 Å². The second kappa shape index (κ2) is 5.49. The number of nitrogens with zero attached hydrogens (tertiary/aromatic N) is 2. The molecule has 20 heavy (non-hydrogen) atoms. The Morgan fingerprint density at radius 2 is 2.30 bits per heavy atom. The Kier molecular flexibility index (Phi) is 4.09. The Labute approximate surface area is 115 Å². The zero-order chi connectivity index (χ0) is 14.9. The van der Waals surface area contributed by atoms with Gasteiger partial charge in [0.2, 0.25) is 0 Å². The van der Waals surface area contributed by atoms with Gasteiger partial charge in [-0.15, -0.1) is 0 Å². The predicted octanol–water partition coefficient (Wildman–Crippen LogP) is -1.36. The lowest BCUT2D eigenvalue weighted by atomic mass is 9.96. The summed E-state index contributed by atoms with van der Waals surface area (Å²) in [4.78, 5) is 15.0. The molecule has 0 aromatic carbocycles. The molecule has 0 spiro atoms. The molecule has 1 aromatic rings. The smallest absolute Gasteiger partial charge is 0.301 e. The molecule has 2 heterocycles. The maximum absolute atomic E-state index is 11.3. The minimum Gasteiger partial charge on any atom is -0.465 e. The van der Waals surface area contributed by atoms with Crippen molar-refractivity contribution >= 4 is 0 Å². The van der Waals surface area contributed by atoms with Gasteiger partial charge in [0.1, 0.15) is 17.8 Å². The van der Waals surface area contributed by atoms with Crippen LogP contribution in [-0.2, 0) is 4.74 Å². The van der Waals surface area contributed by atoms with Gasteiger partial charge < -0.3 is 24.8 Å². The Hall–Kier alpha value is -1.48. The lowest BCUT2D eigenvalue weighted by Crippen LogP contribution is -2.44. The summed E-state index contributed by atoms with van der Waals surface area (Å²) in [6.45, 7) is 2.94. The molecule has 1 aromatic heterocycles. The van der Waals surface area contributed by atoms with Gasteiger partial charge in [0.15, 0.2) is 6.23 Å². The van der Waals surface area contributed by atoms with E-state index in [1.165, 1.54) is 23.8 Å². The fraction of sp³-hybridized carbons (Fsp3) is 0.667. The van der Waals surface area contributed by atoms with Crippen LogP contribution in [-0.4, -0.2) is 55.9 Å². The third kappa shape index (κ3) is 2.42. The molecule has 0 amide bonds. The van der Waals surface area contributed by atoms with Crippen LogP contribution in [0.25, 0.3) is 0 Å². The van der Waals surface area contributed by atoms with E-state index in [0.717, 1.165) is 0 Å². The van der Waals surface area contributed by atoms with Crippen molar-refractivity contribution in [3.63, 3.8) is 0 Å². The van der Waals surface area contributed by atoms with Gasteiger partial charge >= 0.3 is 6.01 Å². The quantitative estimate of drug-likeness (QED) is 0.626. The molecule has 8 nitrogen and oxygen atoms in total. The number of hydrogen-bond donors (Lipinski definition) is 3. The van der Waals surface area contributed by atoms with Crippen LogP contribution in [0.1, 0.15) is 20.1 Å². The van der Waals surface area contributed by atoms with E-state index in [0.29, 0.717) is 0 Å². The molecule has 0 bridgehead atoms.